The molecule has 2 aromatic carbocycles. The number of hydrogen-bond acceptors (Lipinski definition) is 5. The number of hydrogen-bond donors (Lipinski definition) is 1. The van der Waals surface area contributed by atoms with Crippen LogP contribution in [0.5, 0.6) is 0 Å². The number of halogens is 2. The van der Waals surface area contributed by atoms with Gasteiger partial charge >= 0.3 is 0 Å². The Bertz CT molecular complexity index is 936. The molecule has 0 aliphatic rings. The molecule has 0 aliphatic carbocycles. The molecule has 8 heteroatoms. The van der Waals surface area contributed by atoms with Crippen LogP contribution in [0.15, 0.2) is 82.4 Å². The smallest absolute Gasteiger partial charge is 0.123 e. The number of aromatic nitrogens is 2. The molecule has 29 heavy (non-hydrogen) atoms. The van der Waals surface area contributed by atoms with E-state index in [1.807, 2.05) is 38.3 Å². The van der Waals surface area contributed by atoms with Crippen LogP contribution in [0.1, 0.15) is 20.8 Å². The average Bonchev–Trinajstić information content (AvgIpc) is 3.21. The molecule has 0 radical (unpaired) electrons. The van der Waals surface area contributed by atoms with Crippen LogP contribution in [-0.4, -0.2) is 15.5 Å². The molecule has 3 aromatic rings. The van der Waals surface area contributed by atoms with Crippen molar-refractivity contribution in [2.75, 3.05) is 5.43 Å². The largest absolute Gasteiger partial charge is 0.278 e. The third-order valence-corrected chi connectivity index (χ3v) is 5.34. The summed E-state index contributed by atoms with van der Waals surface area (Å²) in [4.78, 5) is 0. The van der Waals surface area contributed by atoms with Gasteiger partial charge in [0.1, 0.15) is 16.7 Å². The third-order valence-electron chi connectivity index (χ3n) is 3.38. The zero-order valence-corrected chi connectivity index (χ0v) is 18.0. The van der Waals surface area contributed by atoms with Crippen molar-refractivity contribution in [2.24, 2.45) is 5.10 Å². The fourth-order valence-electron chi connectivity index (χ4n) is 2.05. The third kappa shape index (κ3) is 7.40. The number of rotatable bonds is 7. The van der Waals surface area contributed by atoms with Crippen molar-refractivity contribution in [3.63, 3.8) is 0 Å². The lowest BCUT2D eigenvalue weighted by molar-refractivity contribution is 0.626. The number of hydrazone groups is 1. The molecule has 152 valence electrons. The Morgan fingerprint density at radius 1 is 1.00 bits per heavy atom. The predicted molar refractivity (Wildman–Crippen MR) is 121 cm³/mol. The molecule has 1 aromatic heterocycles. The topological polar surface area (TPSA) is 42.2 Å². The Morgan fingerprint density at radius 2 is 1.62 bits per heavy atom. The zero-order valence-electron chi connectivity index (χ0n) is 16.3. The van der Waals surface area contributed by atoms with Gasteiger partial charge in [-0.05, 0) is 83.8 Å². The minimum absolute atomic E-state index is 0.276. The summed E-state index contributed by atoms with van der Waals surface area (Å²) < 4.78 is 27.7. The lowest BCUT2D eigenvalue weighted by Gasteiger charge is -2.05. The van der Waals surface area contributed by atoms with Gasteiger partial charge in [-0.15, -0.1) is 0 Å². The lowest BCUT2D eigenvalue weighted by Crippen LogP contribution is -1.97. The first-order valence-corrected chi connectivity index (χ1v) is 11.2. The van der Waals surface area contributed by atoms with E-state index in [1.54, 1.807) is 35.1 Å². The summed E-state index contributed by atoms with van der Waals surface area (Å²) >= 11 is 0. The van der Waals surface area contributed by atoms with Crippen molar-refractivity contribution in [1.82, 2.24) is 9.78 Å². The molecule has 4 nitrogen and oxygen atoms in total. The van der Waals surface area contributed by atoms with Gasteiger partial charge in [0.2, 0.25) is 0 Å². The van der Waals surface area contributed by atoms with Crippen LogP contribution in [0.2, 0.25) is 0 Å². The first kappa shape index (κ1) is 22.7. The summed E-state index contributed by atoms with van der Waals surface area (Å²) in [6, 6.07) is 14.1. The molecular formula is C21H22F2N4S2. The van der Waals surface area contributed by atoms with E-state index in [9.17, 15) is 8.78 Å². The second kappa shape index (κ2) is 12.1. The summed E-state index contributed by atoms with van der Waals surface area (Å²) in [5, 5.41) is 11.3. The van der Waals surface area contributed by atoms with Crippen LogP contribution >= 0.6 is 21.6 Å². The number of benzene rings is 2. The van der Waals surface area contributed by atoms with Gasteiger partial charge in [0.25, 0.3) is 0 Å². The molecule has 0 fully saturated rings. The fourth-order valence-corrected chi connectivity index (χ4v) is 3.80. The summed E-state index contributed by atoms with van der Waals surface area (Å²) in [5.74, 6) is -0.559. The van der Waals surface area contributed by atoms with Gasteiger partial charge in [0.15, 0.2) is 0 Å². The van der Waals surface area contributed by atoms with Gasteiger partial charge in [-0.2, -0.15) is 10.2 Å². The molecule has 0 saturated carbocycles. The average molecular weight is 433 g/mol. The van der Waals surface area contributed by atoms with E-state index < -0.39 is 0 Å². The molecule has 1 N–H and O–H groups in total. The number of allylic oxidation sites excluding steroid dienone is 1. The maximum Gasteiger partial charge on any atom is 0.123 e. The number of nitrogens with one attached hydrogen (secondary N) is 1. The minimum atomic E-state index is -0.283. The second-order valence-electron chi connectivity index (χ2n) is 5.41. The van der Waals surface area contributed by atoms with Crippen LogP contribution < -0.4 is 5.43 Å². The molecule has 0 bridgehead atoms. The standard InChI is InChI=1S/C19H16F2N4S2.C2H6/c1-14(23-24-17-6-2-15(20)3-7-17)11-13-26-27-19-10-12-22-25(19)18-8-4-16(21)5-9-18;1-2/h2-13,24H,1H3;1-2H3/b13-11+,23-14-;. The Morgan fingerprint density at radius 3 is 2.28 bits per heavy atom. The monoisotopic (exact) mass is 432 g/mol. The van der Waals surface area contributed by atoms with Crippen molar-refractivity contribution in [3.8, 4) is 5.69 Å². The molecule has 0 spiro atoms. The van der Waals surface area contributed by atoms with E-state index in [2.05, 4.69) is 15.6 Å². The SMILES string of the molecule is CC.CC(/C=C/SSc1ccnn1-c1ccc(F)cc1)=N/Nc1ccc(F)cc1. The Labute approximate surface area is 177 Å². The second-order valence-corrected chi connectivity index (χ2v) is 7.54. The van der Waals surface area contributed by atoms with Crippen molar-refractivity contribution in [1.29, 1.82) is 0 Å². The van der Waals surface area contributed by atoms with Crippen molar-refractivity contribution < 1.29 is 8.78 Å². The summed E-state index contributed by atoms with van der Waals surface area (Å²) in [7, 11) is 3.05. The Kier molecular flexibility index (Phi) is 9.46. The van der Waals surface area contributed by atoms with E-state index >= 15 is 0 Å². The van der Waals surface area contributed by atoms with Gasteiger partial charge < -0.3 is 0 Å². The maximum atomic E-state index is 13.1. The fraction of sp³-hybridized carbons (Fsp3) is 0.143. The highest BCUT2D eigenvalue weighted by Gasteiger charge is 2.05. The highest BCUT2D eigenvalue weighted by atomic mass is 33.1. The molecule has 3 rings (SSSR count). The molecule has 0 aliphatic heterocycles. The van der Waals surface area contributed by atoms with Gasteiger partial charge in [-0.3, -0.25) is 5.43 Å². The van der Waals surface area contributed by atoms with Crippen LogP contribution in [0.25, 0.3) is 5.69 Å². The van der Waals surface area contributed by atoms with Crippen LogP contribution in [-0.2, 0) is 0 Å². The highest BCUT2D eigenvalue weighted by molar-refractivity contribution is 8.77. The summed E-state index contributed by atoms with van der Waals surface area (Å²) in [6.07, 6.45) is 3.57. The molecular weight excluding hydrogens is 410 g/mol. The van der Waals surface area contributed by atoms with Gasteiger partial charge in [0.05, 0.1) is 23.3 Å². The van der Waals surface area contributed by atoms with Gasteiger partial charge in [-0.1, -0.05) is 24.6 Å². The maximum absolute atomic E-state index is 13.1. The van der Waals surface area contributed by atoms with E-state index in [0.717, 1.165) is 22.1 Å². The molecule has 0 amide bonds. The van der Waals surface area contributed by atoms with Gasteiger partial charge in [0, 0.05) is 0 Å². The number of anilines is 1. The van der Waals surface area contributed by atoms with Gasteiger partial charge in [-0.25, -0.2) is 13.5 Å². The quantitative estimate of drug-likeness (QED) is 0.250. The number of nitrogens with zero attached hydrogens (tertiary/aromatic N) is 3. The minimum Gasteiger partial charge on any atom is -0.278 e. The molecule has 1 heterocycles. The molecule has 0 atom stereocenters. The van der Waals surface area contributed by atoms with Crippen LogP contribution in [0.4, 0.5) is 14.5 Å². The summed E-state index contributed by atoms with van der Waals surface area (Å²) in [6.45, 7) is 5.86. The Balaban J connectivity index is 0.00000145. The lowest BCUT2D eigenvalue weighted by atomic mass is 10.3. The van der Waals surface area contributed by atoms with Crippen molar-refractivity contribution in [3.05, 3.63) is 83.9 Å². The zero-order chi connectivity index (χ0) is 21.1. The Hall–Kier alpha value is -2.58. The van der Waals surface area contributed by atoms with E-state index in [0.29, 0.717) is 0 Å². The van der Waals surface area contributed by atoms with E-state index in [-0.39, 0.29) is 11.6 Å². The van der Waals surface area contributed by atoms with Crippen molar-refractivity contribution in [2.45, 2.75) is 25.8 Å². The first-order valence-electron chi connectivity index (χ1n) is 8.97. The molecule has 0 saturated heterocycles. The highest BCUT2D eigenvalue weighted by Crippen LogP contribution is 2.33. The van der Waals surface area contributed by atoms with E-state index in [1.165, 1.54) is 45.9 Å². The predicted octanol–water partition coefficient (Wildman–Crippen LogP) is 6.92. The summed E-state index contributed by atoms with van der Waals surface area (Å²) in [5.41, 5.74) is 5.17. The van der Waals surface area contributed by atoms with Crippen molar-refractivity contribution >= 4 is 33.0 Å². The van der Waals surface area contributed by atoms with E-state index in [4.69, 9.17) is 0 Å². The first-order chi connectivity index (χ1) is 14.1. The normalized spacial score (nSPS) is 11.3. The molecule has 0 unspecified atom stereocenters. The van der Waals surface area contributed by atoms with Crippen LogP contribution in [0.3, 0.4) is 0 Å². The van der Waals surface area contributed by atoms with Crippen LogP contribution in [0, 0.1) is 11.6 Å².